The highest BCUT2D eigenvalue weighted by Crippen LogP contribution is 2.49. The molecule has 9 nitrogen and oxygen atoms in total. The third kappa shape index (κ3) is 4.30. The van der Waals surface area contributed by atoms with Gasteiger partial charge in [0.1, 0.15) is 0 Å². The fourth-order valence-corrected chi connectivity index (χ4v) is 7.69. The van der Waals surface area contributed by atoms with Gasteiger partial charge in [0, 0.05) is 41.1 Å². The Bertz CT molecular complexity index is 1720. The fourth-order valence-electron chi connectivity index (χ4n) is 7.69. The van der Waals surface area contributed by atoms with E-state index in [9.17, 15) is 14.4 Å². The second-order valence-electron chi connectivity index (χ2n) is 12.4. The van der Waals surface area contributed by atoms with Crippen molar-refractivity contribution in [2.24, 2.45) is 0 Å². The fraction of sp³-hybridized carbons (Fsp3) is 0.515. The lowest BCUT2D eigenvalue weighted by atomic mass is 9.76. The van der Waals surface area contributed by atoms with Crippen LogP contribution in [0.4, 0.5) is 0 Å². The lowest BCUT2D eigenvalue weighted by molar-refractivity contribution is -0.168. The number of carbonyl (C=O) groups is 2. The van der Waals surface area contributed by atoms with Gasteiger partial charge in [-0.25, -0.2) is 4.98 Å². The first-order valence-electron chi connectivity index (χ1n) is 15.5. The van der Waals surface area contributed by atoms with Crippen molar-refractivity contribution >= 4 is 35.1 Å². The number of ether oxygens (including phenoxy) is 3. The highest BCUT2D eigenvalue weighted by Gasteiger charge is 2.51. The van der Waals surface area contributed by atoms with Crippen LogP contribution >= 0.6 is 12.4 Å². The molecule has 2 fully saturated rings. The maximum absolute atomic E-state index is 14.0. The summed E-state index contributed by atoms with van der Waals surface area (Å²) in [4.78, 5) is 48.1. The zero-order valence-electron chi connectivity index (χ0n) is 24.4. The molecule has 0 amide bonds. The predicted octanol–water partition coefficient (Wildman–Crippen LogP) is 4.99. The molecule has 1 saturated heterocycles. The number of benzene rings is 1. The van der Waals surface area contributed by atoms with Gasteiger partial charge in [0.2, 0.25) is 6.79 Å². The van der Waals surface area contributed by atoms with Crippen LogP contribution in [-0.2, 0) is 32.9 Å². The highest BCUT2D eigenvalue weighted by atomic mass is 35.5. The van der Waals surface area contributed by atoms with Crippen LogP contribution in [0.1, 0.15) is 86.5 Å². The number of aromatic nitrogens is 2. The second-order valence-corrected chi connectivity index (χ2v) is 12.4. The van der Waals surface area contributed by atoms with Crippen molar-refractivity contribution in [3.05, 3.63) is 50.8 Å². The van der Waals surface area contributed by atoms with Crippen molar-refractivity contribution in [1.29, 1.82) is 0 Å². The Kier molecular flexibility index (Phi) is 7.01. The Labute approximate surface area is 255 Å². The topological polar surface area (TPSA) is 100.0 Å². The van der Waals surface area contributed by atoms with Gasteiger partial charge in [-0.05, 0) is 68.8 Å². The summed E-state index contributed by atoms with van der Waals surface area (Å²) in [6.45, 7) is 5.07. The van der Waals surface area contributed by atoms with Crippen molar-refractivity contribution in [3.63, 3.8) is 0 Å². The van der Waals surface area contributed by atoms with Crippen LogP contribution in [0.2, 0.25) is 0 Å². The largest absolute Gasteiger partial charge is 0.454 e. The van der Waals surface area contributed by atoms with Crippen LogP contribution in [0.5, 0.6) is 11.5 Å². The molecular formula is C33H36ClN3O6. The van der Waals surface area contributed by atoms with E-state index in [4.69, 9.17) is 19.2 Å². The Morgan fingerprint density at radius 2 is 1.81 bits per heavy atom. The van der Waals surface area contributed by atoms with Gasteiger partial charge in [-0.3, -0.25) is 14.4 Å². The number of hydrogen-bond acceptors (Lipinski definition) is 8. The first-order chi connectivity index (χ1) is 20.5. The van der Waals surface area contributed by atoms with E-state index in [0.29, 0.717) is 41.6 Å². The minimum Gasteiger partial charge on any atom is -0.454 e. The van der Waals surface area contributed by atoms with Gasteiger partial charge in [-0.2, -0.15) is 0 Å². The zero-order valence-corrected chi connectivity index (χ0v) is 25.2. The number of rotatable bonds is 6. The molecule has 1 saturated carbocycles. The maximum Gasteiger partial charge on any atom is 0.308 e. The molecule has 10 heteroatoms. The molecule has 8 rings (SSSR count). The van der Waals surface area contributed by atoms with Gasteiger partial charge < -0.3 is 23.7 Å². The van der Waals surface area contributed by atoms with Crippen LogP contribution in [0.15, 0.2) is 23.0 Å². The van der Waals surface area contributed by atoms with Crippen molar-refractivity contribution < 1.29 is 23.8 Å². The second kappa shape index (κ2) is 10.6. The number of fused-ring (bicyclic) bond motifs is 6. The molecule has 226 valence electrons. The van der Waals surface area contributed by atoms with E-state index in [2.05, 4.69) is 4.90 Å². The summed E-state index contributed by atoms with van der Waals surface area (Å²) in [5.41, 5.74) is 3.92. The molecule has 1 atom stereocenters. The first-order valence-corrected chi connectivity index (χ1v) is 15.5. The summed E-state index contributed by atoms with van der Waals surface area (Å²) in [6, 6.07) is 5.87. The normalized spacial score (nSPS) is 22.1. The number of ketones is 1. The molecule has 1 aromatic carbocycles. The Balaban J connectivity index is 0.00000300. The molecule has 43 heavy (non-hydrogen) atoms. The molecule has 0 spiro atoms. The average Bonchev–Trinajstić information content (AvgIpc) is 3.65. The number of halogens is 1. The van der Waals surface area contributed by atoms with Gasteiger partial charge in [-0.1, -0.05) is 19.8 Å². The molecule has 3 aliphatic heterocycles. The molecule has 5 aliphatic rings. The standard InChI is InChI=1S/C33H35N3O6.ClH/c1-2-33(42-29(38)9-12-35-10-4-3-5-11-35)23-15-25-31-22(17-36(25)32(39)20(23)14-28(33)37)30(19-7-6-8-19)21-13-26-27(41-18-40-26)16-24(21)34-31;/h13,15-16,19H,2-12,14,17-18H2,1H3;1H. The van der Waals surface area contributed by atoms with Crippen molar-refractivity contribution in [1.82, 2.24) is 14.5 Å². The molecular weight excluding hydrogens is 570 g/mol. The number of piperidine rings is 1. The minimum absolute atomic E-state index is 0. The summed E-state index contributed by atoms with van der Waals surface area (Å²) in [6.07, 6.45) is 7.38. The van der Waals surface area contributed by atoms with Crippen LogP contribution < -0.4 is 15.0 Å². The number of likely N-dealkylation sites (tertiary alicyclic amines) is 1. The number of Topliss-reactive ketones (excluding diaryl/α,β-unsaturated/α-hetero) is 1. The molecule has 0 N–H and O–H groups in total. The van der Waals surface area contributed by atoms with Gasteiger partial charge in [0.05, 0.1) is 29.9 Å². The lowest BCUT2D eigenvalue weighted by Crippen LogP contribution is -2.38. The van der Waals surface area contributed by atoms with Crippen molar-refractivity contribution in [3.8, 4) is 22.9 Å². The van der Waals surface area contributed by atoms with Gasteiger partial charge >= 0.3 is 5.97 Å². The molecule has 0 bridgehead atoms. The smallest absolute Gasteiger partial charge is 0.308 e. The molecule has 5 heterocycles. The minimum atomic E-state index is -1.44. The Hall–Kier alpha value is -3.43. The van der Waals surface area contributed by atoms with E-state index < -0.39 is 11.6 Å². The van der Waals surface area contributed by atoms with Crippen molar-refractivity contribution in [2.75, 3.05) is 26.4 Å². The molecule has 2 aliphatic carbocycles. The molecule has 1 unspecified atom stereocenters. The van der Waals surface area contributed by atoms with E-state index in [-0.39, 0.29) is 49.8 Å². The molecule has 0 radical (unpaired) electrons. The number of nitrogens with zero attached hydrogens (tertiary/aromatic N) is 3. The zero-order chi connectivity index (χ0) is 28.6. The summed E-state index contributed by atoms with van der Waals surface area (Å²) in [5.74, 6) is 1.19. The number of pyridine rings is 2. The summed E-state index contributed by atoms with van der Waals surface area (Å²) >= 11 is 0. The summed E-state index contributed by atoms with van der Waals surface area (Å²) in [7, 11) is 0. The number of esters is 1. The number of carbonyl (C=O) groups excluding carboxylic acids is 2. The van der Waals surface area contributed by atoms with Crippen LogP contribution in [0, 0.1) is 0 Å². The molecule has 3 aromatic rings. The van der Waals surface area contributed by atoms with E-state index in [1.807, 2.05) is 25.1 Å². The maximum atomic E-state index is 14.0. The van der Waals surface area contributed by atoms with E-state index >= 15 is 0 Å². The van der Waals surface area contributed by atoms with Crippen LogP contribution in [0.25, 0.3) is 22.3 Å². The van der Waals surface area contributed by atoms with Crippen molar-refractivity contribution in [2.45, 2.75) is 82.8 Å². The van der Waals surface area contributed by atoms with Gasteiger partial charge in [-0.15, -0.1) is 12.4 Å². The average molecular weight is 606 g/mol. The van der Waals surface area contributed by atoms with Crippen LogP contribution in [-0.4, -0.2) is 52.6 Å². The Morgan fingerprint density at radius 1 is 1.05 bits per heavy atom. The van der Waals surface area contributed by atoms with E-state index in [0.717, 1.165) is 66.7 Å². The summed E-state index contributed by atoms with van der Waals surface area (Å²) < 4.78 is 19.2. The monoisotopic (exact) mass is 605 g/mol. The first kappa shape index (κ1) is 28.3. The molecule has 2 aromatic heterocycles. The van der Waals surface area contributed by atoms with Gasteiger partial charge in [0.15, 0.2) is 22.9 Å². The summed E-state index contributed by atoms with van der Waals surface area (Å²) in [5, 5.41) is 1.05. The van der Waals surface area contributed by atoms with E-state index in [1.165, 1.54) is 18.4 Å². The highest BCUT2D eigenvalue weighted by molar-refractivity contribution is 5.98. The van der Waals surface area contributed by atoms with E-state index in [1.54, 1.807) is 4.57 Å². The lowest BCUT2D eigenvalue weighted by Gasteiger charge is -2.29. The third-order valence-corrected chi connectivity index (χ3v) is 10.2. The third-order valence-electron chi connectivity index (χ3n) is 10.2. The van der Waals surface area contributed by atoms with Gasteiger partial charge in [0.25, 0.3) is 5.56 Å². The SMILES string of the molecule is CCC1(OC(=O)CCN2CCCCC2)C(=O)Cc2c1cc1n(c2=O)Cc2c-1nc1cc3c(cc1c2C1CCC1)OCO3.Cl. The van der Waals surface area contributed by atoms with Crippen LogP contribution in [0.3, 0.4) is 0 Å². The quantitative estimate of drug-likeness (QED) is 0.283. The predicted molar refractivity (Wildman–Crippen MR) is 162 cm³/mol. The number of hydrogen-bond donors (Lipinski definition) is 0. The Morgan fingerprint density at radius 3 is 2.53 bits per heavy atom.